The van der Waals surface area contributed by atoms with Crippen molar-refractivity contribution in [1.82, 2.24) is 0 Å². The monoisotopic (exact) mass is 288 g/mol. The van der Waals surface area contributed by atoms with Crippen LogP contribution in [-0.2, 0) is 28.4 Å². The van der Waals surface area contributed by atoms with Gasteiger partial charge in [0, 0.05) is 13.5 Å². The van der Waals surface area contributed by atoms with E-state index in [0.717, 1.165) is 0 Å². The van der Waals surface area contributed by atoms with Crippen LogP contribution in [0.3, 0.4) is 0 Å². The minimum atomic E-state index is -0.641. The molecule has 0 aromatic heterocycles. The summed E-state index contributed by atoms with van der Waals surface area (Å²) in [7, 11) is 1.63. The highest BCUT2D eigenvalue weighted by Crippen LogP contribution is 2.40. The maximum atomic E-state index is 6.05. The van der Waals surface area contributed by atoms with Crippen molar-refractivity contribution >= 4 is 0 Å². The molecule has 0 aromatic rings. The van der Waals surface area contributed by atoms with E-state index < -0.39 is 11.6 Å². The fourth-order valence-corrected chi connectivity index (χ4v) is 3.13. The summed E-state index contributed by atoms with van der Waals surface area (Å²) < 4.78 is 35.1. The standard InChI is InChI=1S/C14H24O6/c1-13(2)16-7-9-12(19-13)11-8(6-10(15-5)17-9)18-14(3,4)20-11/h8-12H,6-7H2,1-5H3/t8?,9?,10?,11-,12+/m1/s1. The minimum Gasteiger partial charge on any atom is -0.356 e. The predicted molar refractivity (Wildman–Crippen MR) is 69.0 cm³/mol. The molecule has 0 aliphatic carbocycles. The van der Waals surface area contributed by atoms with Gasteiger partial charge in [0.15, 0.2) is 17.9 Å². The molecule has 3 unspecified atom stereocenters. The largest absolute Gasteiger partial charge is 0.356 e. The summed E-state index contributed by atoms with van der Waals surface area (Å²) in [5.74, 6) is -1.25. The molecule has 6 nitrogen and oxygen atoms in total. The number of rotatable bonds is 1. The van der Waals surface area contributed by atoms with Crippen LogP contribution in [0.1, 0.15) is 34.1 Å². The van der Waals surface area contributed by atoms with Gasteiger partial charge in [-0.3, -0.25) is 0 Å². The SMILES string of the molecule is COC1CC2OC(C)(C)O[C@H]2[C@H]2OC(C)(C)OCC2O1. The Balaban J connectivity index is 1.86. The fourth-order valence-electron chi connectivity index (χ4n) is 3.13. The van der Waals surface area contributed by atoms with Crippen molar-refractivity contribution in [1.29, 1.82) is 0 Å². The maximum Gasteiger partial charge on any atom is 0.163 e. The van der Waals surface area contributed by atoms with Crippen molar-refractivity contribution in [3.63, 3.8) is 0 Å². The Kier molecular flexibility index (Phi) is 3.60. The lowest BCUT2D eigenvalue weighted by Crippen LogP contribution is -2.55. The quantitative estimate of drug-likeness (QED) is 0.727. The summed E-state index contributed by atoms with van der Waals surface area (Å²) in [6.45, 7) is 8.10. The van der Waals surface area contributed by atoms with Crippen LogP contribution in [0.5, 0.6) is 0 Å². The molecule has 3 heterocycles. The van der Waals surface area contributed by atoms with Crippen molar-refractivity contribution in [3.05, 3.63) is 0 Å². The molecule has 0 bridgehead atoms. The van der Waals surface area contributed by atoms with Gasteiger partial charge < -0.3 is 28.4 Å². The third-order valence-corrected chi connectivity index (χ3v) is 3.94. The molecule has 0 N–H and O–H groups in total. The third-order valence-electron chi connectivity index (χ3n) is 3.94. The molecule has 0 amide bonds. The van der Waals surface area contributed by atoms with Gasteiger partial charge in [0.2, 0.25) is 0 Å². The van der Waals surface area contributed by atoms with E-state index in [1.54, 1.807) is 7.11 Å². The van der Waals surface area contributed by atoms with E-state index >= 15 is 0 Å². The lowest BCUT2D eigenvalue weighted by atomic mass is 10.0. The summed E-state index contributed by atoms with van der Waals surface area (Å²) in [6, 6.07) is 0. The van der Waals surface area contributed by atoms with Gasteiger partial charge in [0.1, 0.15) is 18.3 Å². The molecule has 3 aliphatic heterocycles. The van der Waals surface area contributed by atoms with Crippen LogP contribution in [0.4, 0.5) is 0 Å². The summed E-state index contributed by atoms with van der Waals surface area (Å²) in [4.78, 5) is 0. The van der Waals surface area contributed by atoms with Crippen molar-refractivity contribution in [2.75, 3.05) is 13.7 Å². The van der Waals surface area contributed by atoms with Crippen LogP contribution >= 0.6 is 0 Å². The number of ether oxygens (including phenoxy) is 6. The Hall–Kier alpha value is -0.240. The highest BCUT2D eigenvalue weighted by molar-refractivity contribution is 4.96. The normalized spacial score (nSPS) is 46.4. The molecular weight excluding hydrogens is 264 g/mol. The summed E-state index contributed by atoms with van der Waals surface area (Å²) in [6.07, 6.45) is -0.395. The number of fused-ring (bicyclic) bond motifs is 3. The second-order valence-corrected chi connectivity index (χ2v) is 6.51. The maximum absolute atomic E-state index is 6.05. The van der Waals surface area contributed by atoms with Crippen LogP contribution in [-0.4, -0.2) is 56.0 Å². The lowest BCUT2D eigenvalue weighted by Gasteiger charge is -2.42. The molecule has 3 fully saturated rings. The number of methoxy groups -OCH3 is 1. The first kappa shape index (κ1) is 14.7. The molecule has 3 aliphatic rings. The molecule has 20 heavy (non-hydrogen) atoms. The van der Waals surface area contributed by atoms with E-state index in [2.05, 4.69) is 0 Å². The fraction of sp³-hybridized carbons (Fsp3) is 1.00. The van der Waals surface area contributed by atoms with E-state index in [4.69, 9.17) is 28.4 Å². The van der Waals surface area contributed by atoms with Gasteiger partial charge in [0.25, 0.3) is 0 Å². The molecule has 0 radical (unpaired) electrons. The lowest BCUT2D eigenvalue weighted by molar-refractivity contribution is -0.337. The molecule has 6 heteroatoms. The highest BCUT2D eigenvalue weighted by atomic mass is 16.8. The van der Waals surface area contributed by atoms with Crippen LogP contribution < -0.4 is 0 Å². The number of hydrogen-bond acceptors (Lipinski definition) is 6. The van der Waals surface area contributed by atoms with Crippen molar-refractivity contribution in [3.8, 4) is 0 Å². The second kappa shape index (κ2) is 4.90. The molecular formula is C14H24O6. The molecule has 5 atom stereocenters. The van der Waals surface area contributed by atoms with Gasteiger partial charge in [-0.05, 0) is 27.7 Å². The highest BCUT2D eigenvalue weighted by Gasteiger charge is 2.54. The minimum absolute atomic E-state index is 0.0983. The molecule has 0 aromatic carbocycles. The first-order chi connectivity index (χ1) is 9.30. The van der Waals surface area contributed by atoms with Gasteiger partial charge in [-0.1, -0.05) is 0 Å². The van der Waals surface area contributed by atoms with E-state index in [9.17, 15) is 0 Å². The summed E-state index contributed by atoms with van der Waals surface area (Å²) in [5.41, 5.74) is 0. The van der Waals surface area contributed by atoms with Gasteiger partial charge in [-0.15, -0.1) is 0 Å². The smallest absolute Gasteiger partial charge is 0.163 e. The zero-order valence-electron chi connectivity index (χ0n) is 12.8. The molecule has 3 saturated heterocycles. The van der Waals surface area contributed by atoms with Crippen molar-refractivity contribution in [2.45, 2.75) is 76.4 Å². The summed E-state index contributed by atoms with van der Waals surface area (Å²) in [5, 5.41) is 0. The van der Waals surface area contributed by atoms with Crippen LogP contribution in [0.2, 0.25) is 0 Å². The average Bonchev–Trinajstić information content (AvgIpc) is 2.58. The first-order valence-electron chi connectivity index (χ1n) is 7.15. The molecule has 0 saturated carbocycles. The Labute approximate surface area is 119 Å². The van der Waals surface area contributed by atoms with Crippen LogP contribution in [0, 0.1) is 0 Å². The Morgan fingerprint density at radius 2 is 1.55 bits per heavy atom. The van der Waals surface area contributed by atoms with Gasteiger partial charge in [-0.2, -0.15) is 0 Å². The topological polar surface area (TPSA) is 55.4 Å². The van der Waals surface area contributed by atoms with Gasteiger partial charge >= 0.3 is 0 Å². The zero-order valence-corrected chi connectivity index (χ0v) is 12.8. The van der Waals surface area contributed by atoms with E-state index in [0.29, 0.717) is 13.0 Å². The summed E-state index contributed by atoms with van der Waals surface area (Å²) >= 11 is 0. The van der Waals surface area contributed by atoms with E-state index in [1.807, 2.05) is 27.7 Å². The van der Waals surface area contributed by atoms with Gasteiger partial charge in [-0.25, -0.2) is 0 Å². The molecule has 116 valence electrons. The average molecular weight is 288 g/mol. The molecule has 0 spiro atoms. The second-order valence-electron chi connectivity index (χ2n) is 6.51. The van der Waals surface area contributed by atoms with Crippen molar-refractivity contribution in [2.24, 2.45) is 0 Å². The predicted octanol–water partition coefficient (Wildman–Crippen LogP) is 1.42. The van der Waals surface area contributed by atoms with Crippen molar-refractivity contribution < 1.29 is 28.4 Å². The molecule has 3 rings (SSSR count). The Morgan fingerprint density at radius 1 is 0.900 bits per heavy atom. The van der Waals surface area contributed by atoms with Crippen LogP contribution in [0.15, 0.2) is 0 Å². The van der Waals surface area contributed by atoms with E-state index in [-0.39, 0.29) is 30.7 Å². The van der Waals surface area contributed by atoms with Gasteiger partial charge in [0.05, 0.1) is 12.7 Å². The number of hydrogen-bond donors (Lipinski definition) is 0. The first-order valence-corrected chi connectivity index (χ1v) is 7.15. The van der Waals surface area contributed by atoms with E-state index in [1.165, 1.54) is 0 Å². The Morgan fingerprint density at radius 3 is 2.25 bits per heavy atom. The third kappa shape index (κ3) is 2.73. The Bertz CT molecular complexity index is 369. The zero-order chi connectivity index (χ0) is 14.5. The van der Waals surface area contributed by atoms with Crippen LogP contribution in [0.25, 0.3) is 0 Å².